The fourth-order valence-electron chi connectivity index (χ4n) is 4.97. The van der Waals surface area contributed by atoms with Gasteiger partial charge >= 0.3 is 0 Å². The third kappa shape index (κ3) is 3.43. The Kier molecular flexibility index (Phi) is 5.21. The maximum absolute atomic E-state index is 12.9. The highest BCUT2D eigenvalue weighted by Gasteiger charge is 2.39. The van der Waals surface area contributed by atoms with Crippen molar-refractivity contribution in [2.45, 2.75) is 12.0 Å². The lowest BCUT2D eigenvalue weighted by molar-refractivity contribution is 0.111. The van der Waals surface area contributed by atoms with Crippen molar-refractivity contribution in [1.29, 1.82) is 0 Å². The maximum atomic E-state index is 12.9. The number of pyridine rings is 1. The average Bonchev–Trinajstić information content (AvgIpc) is 3.32. The predicted molar refractivity (Wildman–Crippen MR) is 138 cm³/mol. The zero-order chi connectivity index (χ0) is 25.0. The number of halogens is 1. The van der Waals surface area contributed by atoms with E-state index in [1.165, 1.54) is 0 Å². The van der Waals surface area contributed by atoms with Crippen LogP contribution in [0.2, 0.25) is 5.02 Å². The first-order chi connectivity index (χ1) is 17.4. The largest absolute Gasteiger partial charge is 0.492 e. The summed E-state index contributed by atoms with van der Waals surface area (Å²) in [6, 6.07) is 20.6. The van der Waals surface area contributed by atoms with E-state index in [1.54, 1.807) is 53.8 Å². The van der Waals surface area contributed by atoms with Crippen LogP contribution in [0.15, 0.2) is 77.9 Å². The van der Waals surface area contributed by atoms with Gasteiger partial charge in [0.1, 0.15) is 12.1 Å². The van der Waals surface area contributed by atoms with Gasteiger partial charge in [-0.25, -0.2) is 0 Å². The number of aliphatic hydroxyl groups is 1. The first-order valence-electron chi connectivity index (χ1n) is 11.6. The molecule has 0 spiro atoms. The van der Waals surface area contributed by atoms with Crippen LogP contribution in [0.25, 0.3) is 22.0 Å². The van der Waals surface area contributed by atoms with Crippen LogP contribution >= 0.6 is 11.6 Å². The summed E-state index contributed by atoms with van der Waals surface area (Å²) in [6.07, 6.45) is 2.20. The van der Waals surface area contributed by atoms with Gasteiger partial charge in [0.2, 0.25) is 0 Å². The molecule has 6 bridgehead atoms. The monoisotopic (exact) mass is 498 g/mol. The van der Waals surface area contributed by atoms with Crippen LogP contribution in [0, 0.1) is 0 Å². The molecule has 0 fully saturated rings. The Balaban J connectivity index is 1.75. The fourth-order valence-corrected chi connectivity index (χ4v) is 5.14. The first kappa shape index (κ1) is 22.5. The number of ether oxygens (including phenoxy) is 1. The molecule has 36 heavy (non-hydrogen) atoms. The molecular formula is C28H23ClN4O3. The van der Waals surface area contributed by atoms with Gasteiger partial charge in [-0.05, 0) is 52.1 Å². The molecule has 0 radical (unpaired) electrons. The second kappa shape index (κ2) is 8.33. The minimum absolute atomic E-state index is 0.106. The van der Waals surface area contributed by atoms with Crippen molar-refractivity contribution in [2.24, 2.45) is 14.1 Å². The van der Waals surface area contributed by atoms with E-state index in [9.17, 15) is 9.90 Å². The van der Waals surface area contributed by atoms with Gasteiger partial charge in [0, 0.05) is 32.0 Å². The topological polar surface area (TPSA) is 82.2 Å². The molecule has 5 aromatic rings. The number of hydrogen-bond donors (Lipinski definition) is 1. The highest BCUT2D eigenvalue weighted by Crippen LogP contribution is 2.41. The molecule has 8 heteroatoms. The number of aryl methyl sites for hydroxylation is 2. The van der Waals surface area contributed by atoms with Gasteiger partial charge in [-0.1, -0.05) is 48.0 Å². The van der Waals surface area contributed by atoms with Crippen molar-refractivity contribution in [3.05, 3.63) is 111 Å². The number of benzene rings is 3. The van der Waals surface area contributed by atoms with Gasteiger partial charge in [-0.15, -0.1) is 10.2 Å². The SMILES string of the molecule is Cn1cnnc1C1(O)c2ccc(Cl)c(c2)OCCc2cccc(c2)-c2cc(=O)n(C)c3ccc1cc23. The normalized spacial score (nSPS) is 17.1. The molecule has 0 aliphatic carbocycles. The van der Waals surface area contributed by atoms with Crippen LogP contribution in [-0.2, 0) is 26.1 Å². The molecule has 0 amide bonds. The van der Waals surface area contributed by atoms with E-state index in [-0.39, 0.29) is 5.56 Å². The minimum atomic E-state index is -1.67. The third-order valence-electron chi connectivity index (χ3n) is 6.93. The zero-order valence-electron chi connectivity index (χ0n) is 19.8. The van der Waals surface area contributed by atoms with E-state index in [1.807, 2.05) is 36.4 Å². The Morgan fingerprint density at radius 2 is 1.83 bits per heavy atom. The van der Waals surface area contributed by atoms with Gasteiger partial charge in [-0.3, -0.25) is 4.79 Å². The van der Waals surface area contributed by atoms with Crippen molar-refractivity contribution < 1.29 is 9.84 Å². The number of hydrogen-bond acceptors (Lipinski definition) is 5. The molecule has 1 N–H and O–H groups in total. The Hall–Kier alpha value is -3.94. The van der Waals surface area contributed by atoms with E-state index in [2.05, 4.69) is 16.3 Å². The van der Waals surface area contributed by atoms with Crippen LogP contribution in [0.1, 0.15) is 22.5 Å². The quantitative estimate of drug-likeness (QED) is 0.374. The highest BCUT2D eigenvalue weighted by atomic mass is 35.5. The van der Waals surface area contributed by atoms with Crippen LogP contribution < -0.4 is 10.3 Å². The lowest BCUT2D eigenvalue weighted by Crippen LogP contribution is -2.32. The summed E-state index contributed by atoms with van der Waals surface area (Å²) in [5.74, 6) is 0.822. The van der Waals surface area contributed by atoms with E-state index >= 15 is 0 Å². The predicted octanol–water partition coefficient (Wildman–Crippen LogP) is 4.21. The molecule has 3 heterocycles. The second-order valence-corrected chi connectivity index (χ2v) is 9.51. The second-order valence-electron chi connectivity index (χ2n) is 9.11. The molecule has 7 nitrogen and oxygen atoms in total. The van der Waals surface area contributed by atoms with E-state index in [0.29, 0.717) is 40.8 Å². The van der Waals surface area contributed by atoms with Crippen molar-refractivity contribution in [3.8, 4) is 16.9 Å². The minimum Gasteiger partial charge on any atom is -0.492 e. The molecule has 2 aromatic heterocycles. The van der Waals surface area contributed by atoms with E-state index in [4.69, 9.17) is 16.3 Å². The van der Waals surface area contributed by atoms with Crippen LogP contribution in [-0.4, -0.2) is 31.0 Å². The van der Waals surface area contributed by atoms with Crippen molar-refractivity contribution in [3.63, 3.8) is 0 Å². The lowest BCUT2D eigenvalue weighted by Gasteiger charge is -2.29. The van der Waals surface area contributed by atoms with E-state index < -0.39 is 5.60 Å². The number of nitrogens with zero attached hydrogens (tertiary/aromatic N) is 4. The highest BCUT2D eigenvalue weighted by molar-refractivity contribution is 6.32. The van der Waals surface area contributed by atoms with Crippen molar-refractivity contribution in [2.75, 3.05) is 6.61 Å². The van der Waals surface area contributed by atoms with Gasteiger partial charge in [-0.2, -0.15) is 0 Å². The van der Waals surface area contributed by atoms with Gasteiger partial charge in [0.25, 0.3) is 5.56 Å². The van der Waals surface area contributed by atoms with Crippen molar-refractivity contribution >= 4 is 22.5 Å². The lowest BCUT2D eigenvalue weighted by atomic mass is 9.83. The molecule has 6 rings (SSSR count). The summed E-state index contributed by atoms with van der Waals surface area (Å²) >= 11 is 6.48. The molecule has 180 valence electrons. The number of aromatic nitrogens is 4. The molecule has 1 unspecified atom stereocenters. The standard InChI is InChI=1S/C28H23ClN4O3/c1-32-16-30-31-27(32)28(35)19-7-9-24-22(13-19)21(15-26(34)33(24)2)18-5-3-4-17(12-18)10-11-36-25-14-20(28)6-8-23(25)29/h3-9,12-16,35H,10-11H2,1-2H3. The number of rotatable bonds is 1. The summed E-state index contributed by atoms with van der Waals surface area (Å²) in [5, 5.41) is 22.0. The van der Waals surface area contributed by atoms with E-state index in [0.717, 1.165) is 27.6 Å². The Morgan fingerprint density at radius 1 is 1.03 bits per heavy atom. The fraction of sp³-hybridized carbons (Fsp3) is 0.179. The Morgan fingerprint density at radius 3 is 2.64 bits per heavy atom. The van der Waals surface area contributed by atoms with Gasteiger partial charge < -0.3 is 19.0 Å². The smallest absolute Gasteiger partial charge is 0.251 e. The van der Waals surface area contributed by atoms with Crippen molar-refractivity contribution in [1.82, 2.24) is 19.3 Å². The molecule has 1 aliphatic rings. The first-order valence-corrected chi connectivity index (χ1v) is 12.0. The van der Waals surface area contributed by atoms with Crippen LogP contribution in [0.3, 0.4) is 0 Å². The summed E-state index contributed by atoms with van der Waals surface area (Å²) in [6.45, 7) is 0.395. The zero-order valence-corrected chi connectivity index (χ0v) is 20.5. The summed E-state index contributed by atoms with van der Waals surface area (Å²) in [5.41, 5.74) is 2.91. The molecule has 0 saturated heterocycles. The van der Waals surface area contributed by atoms with Gasteiger partial charge in [0.05, 0.1) is 17.1 Å². The maximum Gasteiger partial charge on any atom is 0.251 e. The summed E-state index contributed by atoms with van der Waals surface area (Å²) < 4.78 is 9.37. The average molecular weight is 499 g/mol. The molecule has 1 atom stereocenters. The Bertz CT molecular complexity index is 1710. The molecule has 0 saturated carbocycles. The van der Waals surface area contributed by atoms with Crippen LogP contribution in [0.4, 0.5) is 0 Å². The van der Waals surface area contributed by atoms with Crippen LogP contribution in [0.5, 0.6) is 5.75 Å². The summed E-state index contributed by atoms with van der Waals surface area (Å²) in [7, 11) is 3.54. The molecular weight excluding hydrogens is 476 g/mol. The number of fused-ring (bicyclic) bond motifs is 6. The Labute approximate surface area is 212 Å². The molecule has 3 aromatic carbocycles. The third-order valence-corrected chi connectivity index (χ3v) is 7.25. The summed E-state index contributed by atoms with van der Waals surface area (Å²) in [4.78, 5) is 12.9. The van der Waals surface area contributed by atoms with Gasteiger partial charge in [0.15, 0.2) is 11.4 Å². The molecule has 1 aliphatic heterocycles.